The molecule has 0 radical (unpaired) electrons. The number of hydrogen-bond donors (Lipinski definition) is 0. The average Bonchev–Trinajstić information content (AvgIpc) is 2.63. The van der Waals surface area contributed by atoms with Crippen molar-refractivity contribution in [3.8, 4) is 0 Å². The molecule has 1 heterocycles. The third kappa shape index (κ3) is 5.40. The fraction of sp³-hybridized carbons (Fsp3) is 0.750. The van der Waals surface area contributed by atoms with Crippen molar-refractivity contribution in [2.24, 2.45) is 5.41 Å². The highest BCUT2D eigenvalue weighted by Gasteiger charge is 2.35. The van der Waals surface area contributed by atoms with Crippen LogP contribution < -0.4 is 0 Å². The highest BCUT2D eigenvalue weighted by atomic mass is 16.6. The van der Waals surface area contributed by atoms with Gasteiger partial charge in [-0.1, -0.05) is 12.2 Å². The zero-order valence-corrected chi connectivity index (χ0v) is 14.0. The van der Waals surface area contributed by atoms with Crippen molar-refractivity contribution in [2.75, 3.05) is 13.2 Å². The first-order valence-electron chi connectivity index (χ1n) is 7.23. The van der Waals surface area contributed by atoms with Gasteiger partial charge >= 0.3 is 12.1 Å². The van der Waals surface area contributed by atoms with Crippen LogP contribution in [0.4, 0.5) is 4.79 Å². The number of rotatable bonds is 2. The molecule has 0 bridgehead atoms. The lowest BCUT2D eigenvalue weighted by molar-refractivity contribution is -0.154. The Balaban J connectivity index is 2.65. The van der Waals surface area contributed by atoms with Gasteiger partial charge in [0.05, 0.1) is 11.5 Å². The van der Waals surface area contributed by atoms with Crippen LogP contribution in [-0.2, 0) is 14.3 Å². The molecule has 1 unspecified atom stereocenters. The summed E-state index contributed by atoms with van der Waals surface area (Å²) in [5.74, 6) is -0.274. The Morgan fingerprint density at radius 1 is 1.24 bits per heavy atom. The lowest BCUT2D eigenvalue weighted by atomic mass is 9.97. The van der Waals surface area contributed by atoms with Crippen molar-refractivity contribution in [2.45, 2.75) is 59.6 Å². The molecule has 0 aromatic rings. The number of ether oxygens (including phenoxy) is 2. The summed E-state index contributed by atoms with van der Waals surface area (Å²) < 4.78 is 10.7. The van der Waals surface area contributed by atoms with Crippen LogP contribution in [-0.4, -0.2) is 41.8 Å². The van der Waals surface area contributed by atoms with E-state index >= 15 is 0 Å². The van der Waals surface area contributed by atoms with Gasteiger partial charge in [0.2, 0.25) is 0 Å². The zero-order valence-electron chi connectivity index (χ0n) is 14.0. The number of amides is 1. The van der Waals surface area contributed by atoms with E-state index in [1.54, 1.807) is 25.7 Å². The van der Waals surface area contributed by atoms with Crippen molar-refractivity contribution < 1.29 is 19.1 Å². The summed E-state index contributed by atoms with van der Waals surface area (Å²) in [4.78, 5) is 25.6. The third-order valence-electron chi connectivity index (χ3n) is 3.01. The van der Waals surface area contributed by atoms with Crippen molar-refractivity contribution in [1.82, 2.24) is 4.90 Å². The van der Waals surface area contributed by atoms with Gasteiger partial charge in [-0.15, -0.1) is 0 Å². The van der Waals surface area contributed by atoms with Crippen molar-refractivity contribution in [3.05, 3.63) is 12.2 Å². The van der Waals surface area contributed by atoms with Gasteiger partial charge < -0.3 is 9.47 Å². The van der Waals surface area contributed by atoms with E-state index in [4.69, 9.17) is 9.47 Å². The standard InChI is InChI=1S/C16H27NO4/c1-11-8-12(10-20-13(18)15(2,3)4)17(9-11)14(19)21-16(5,6)7/h12H,1,8-10H2,2-7H3. The first kappa shape index (κ1) is 17.5. The van der Waals surface area contributed by atoms with Crippen LogP contribution in [0, 0.1) is 5.41 Å². The molecule has 0 spiro atoms. The van der Waals surface area contributed by atoms with Gasteiger partial charge in [0, 0.05) is 6.54 Å². The van der Waals surface area contributed by atoms with E-state index in [0.29, 0.717) is 13.0 Å². The molecule has 0 N–H and O–H groups in total. The van der Waals surface area contributed by atoms with E-state index in [-0.39, 0.29) is 18.6 Å². The lowest BCUT2D eigenvalue weighted by Crippen LogP contribution is -2.42. The SMILES string of the molecule is C=C1CC(COC(=O)C(C)(C)C)N(C(=O)OC(C)(C)C)C1. The summed E-state index contributed by atoms with van der Waals surface area (Å²) in [6.45, 7) is 15.4. The Labute approximate surface area is 127 Å². The fourth-order valence-electron chi connectivity index (χ4n) is 1.95. The van der Waals surface area contributed by atoms with E-state index in [2.05, 4.69) is 6.58 Å². The largest absolute Gasteiger partial charge is 0.463 e. The molecule has 1 fully saturated rings. The lowest BCUT2D eigenvalue weighted by Gasteiger charge is -2.28. The molecular weight excluding hydrogens is 270 g/mol. The summed E-state index contributed by atoms with van der Waals surface area (Å²) in [5, 5.41) is 0. The number of hydrogen-bond acceptors (Lipinski definition) is 4. The van der Waals surface area contributed by atoms with Crippen molar-refractivity contribution >= 4 is 12.1 Å². The molecule has 1 amide bonds. The molecule has 0 aromatic heterocycles. The minimum Gasteiger partial charge on any atom is -0.463 e. The van der Waals surface area contributed by atoms with Crippen LogP contribution in [0.3, 0.4) is 0 Å². The molecule has 1 saturated heterocycles. The monoisotopic (exact) mass is 297 g/mol. The second-order valence-corrected chi connectivity index (χ2v) is 7.56. The van der Waals surface area contributed by atoms with Crippen LogP contribution in [0.5, 0.6) is 0 Å². The molecule has 1 rings (SSSR count). The second kappa shape index (κ2) is 6.08. The molecule has 0 aliphatic carbocycles. The highest BCUT2D eigenvalue weighted by molar-refractivity contribution is 5.75. The Morgan fingerprint density at radius 3 is 2.29 bits per heavy atom. The Kier molecular flexibility index (Phi) is 5.07. The summed E-state index contributed by atoms with van der Waals surface area (Å²) in [6, 6.07) is -0.196. The topological polar surface area (TPSA) is 55.8 Å². The summed E-state index contributed by atoms with van der Waals surface area (Å²) in [7, 11) is 0. The second-order valence-electron chi connectivity index (χ2n) is 7.56. The van der Waals surface area contributed by atoms with Crippen molar-refractivity contribution in [1.29, 1.82) is 0 Å². The third-order valence-corrected chi connectivity index (χ3v) is 3.01. The maximum atomic E-state index is 12.2. The van der Waals surface area contributed by atoms with Gasteiger partial charge in [-0.25, -0.2) is 4.79 Å². The molecule has 0 saturated carbocycles. The highest BCUT2D eigenvalue weighted by Crippen LogP contribution is 2.25. The van der Waals surface area contributed by atoms with Crippen LogP contribution >= 0.6 is 0 Å². The van der Waals surface area contributed by atoms with Gasteiger partial charge in [0.25, 0.3) is 0 Å². The van der Waals surface area contributed by atoms with Crippen LogP contribution in [0.25, 0.3) is 0 Å². The predicted octanol–water partition coefficient (Wildman–Crippen LogP) is 3.14. The minimum absolute atomic E-state index is 0.175. The zero-order chi connectivity index (χ0) is 16.4. The smallest absolute Gasteiger partial charge is 0.410 e. The number of esters is 1. The first-order chi connectivity index (χ1) is 9.40. The minimum atomic E-state index is -0.549. The van der Waals surface area contributed by atoms with Crippen LogP contribution in [0.2, 0.25) is 0 Å². The van der Waals surface area contributed by atoms with E-state index in [1.165, 1.54) is 0 Å². The molecule has 0 aromatic carbocycles. The summed E-state index contributed by atoms with van der Waals surface area (Å²) in [6.07, 6.45) is 0.245. The summed E-state index contributed by atoms with van der Waals surface area (Å²) >= 11 is 0. The van der Waals surface area contributed by atoms with Gasteiger partial charge in [0.1, 0.15) is 12.2 Å². The number of carbonyl (C=O) groups is 2. The fourth-order valence-corrected chi connectivity index (χ4v) is 1.95. The Hall–Kier alpha value is -1.52. The van der Waals surface area contributed by atoms with Gasteiger partial charge in [0.15, 0.2) is 0 Å². The van der Waals surface area contributed by atoms with E-state index in [1.807, 2.05) is 20.8 Å². The van der Waals surface area contributed by atoms with Crippen LogP contribution in [0.15, 0.2) is 12.2 Å². The molecule has 1 aliphatic heterocycles. The van der Waals surface area contributed by atoms with Crippen LogP contribution in [0.1, 0.15) is 48.0 Å². The molecule has 1 atom stereocenters. The molecule has 120 valence electrons. The summed E-state index contributed by atoms with van der Waals surface area (Å²) in [5.41, 5.74) is -0.155. The number of likely N-dealkylation sites (tertiary alicyclic amines) is 1. The van der Waals surface area contributed by atoms with Gasteiger partial charge in [-0.2, -0.15) is 0 Å². The van der Waals surface area contributed by atoms with Gasteiger partial charge in [-0.3, -0.25) is 9.69 Å². The molecule has 5 heteroatoms. The molecule has 21 heavy (non-hydrogen) atoms. The van der Waals surface area contributed by atoms with E-state index in [0.717, 1.165) is 5.57 Å². The Morgan fingerprint density at radius 2 is 1.81 bits per heavy atom. The van der Waals surface area contributed by atoms with Crippen molar-refractivity contribution in [3.63, 3.8) is 0 Å². The molecular formula is C16H27NO4. The number of carbonyl (C=O) groups excluding carboxylic acids is 2. The maximum Gasteiger partial charge on any atom is 0.410 e. The normalized spacial score (nSPS) is 19.6. The predicted molar refractivity (Wildman–Crippen MR) is 80.9 cm³/mol. The van der Waals surface area contributed by atoms with Gasteiger partial charge in [-0.05, 0) is 48.0 Å². The van der Waals surface area contributed by atoms with E-state index in [9.17, 15) is 9.59 Å². The maximum absolute atomic E-state index is 12.2. The quantitative estimate of drug-likeness (QED) is 0.580. The number of nitrogens with zero attached hydrogens (tertiary/aromatic N) is 1. The molecule has 5 nitrogen and oxygen atoms in total. The first-order valence-corrected chi connectivity index (χ1v) is 7.23. The van der Waals surface area contributed by atoms with E-state index < -0.39 is 17.1 Å². The average molecular weight is 297 g/mol. The molecule has 1 aliphatic rings. The Bertz CT molecular complexity index is 429.